The minimum Gasteiger partial charge on any atom is -0.481 e. The van der Waals surface area contributed by atoms with Crippen molar-refractivity contribution in [1.29, 1.82) is 0 Å². The molecule has 0 aliphatic heterocycles. The third kappa shape index (κ3) is 4.92. The fourth-order valence-electron chi connectivity index (χ4n) is 1.86. The van der Waals surface area contributed by atoms with Crippen LogP contribution in [0.15, 0.2) is 18.2 Å². The molecular formula is C13H17F2NO3. The smallest absolute Gasteiger partial charge is 0.304 e. The number of aliphatic hydroxyl groups is 1. The maximum atomic E-state index is 13.1. The van der Waals surface area contributed by atoms with Crippen LogP contribution in [0.2, 0.25) is 0 Å². The molecule has 0 fully saturated rings. The van der Waals surface area contributed by atoms with Crippen LogP contribution in [0, 0.1) is 11.6 Å². The van der Waals surface area contributed by atoms with Gasteiger partial charge in [-0.1, -0.05) is 6.07 Å². The number of carbonyl (C=O) groups is 1. The molecule has 1 aromatic carbocycles. The summed E-state index contributed by atoms with van der Waals surface area (Å²) < 4.78 is 25.9. The van der Waals surface area contributed by atoms with Crippen LogP contribution in [0.1, 0.15) is 12.0 Å². The summed E-state index contributed by atoms with van der Waals surface area (Å²) in [4.78, 5) is 12.5. The number of aliphatic hydroxyl groups excluding tert-OH is 1. The fourth-order valence-corrected chi connectivity index (χ4v) is 1.86. The third-order valence-electron chi connectivity index (χ3n) is 2.94. The first-order valence-electron chi connectivity index (χ1n) is 5.91. The van der Waals surface area contributed by atoms with Gasteiger partial charge in [0.2, 0.25) is 0 Å². The lowest BCUT2D eigenvalue weighted by molar-refractivity contribution is -0.138. The maximum absolute atomic E-state index is 13.1. The second kappa shape index (κ2) is 7.16. The van der Waals surface area contributed by atoms with Gasteiger partial charge in [0.1, 0.15) is 0 Å². The molecule has 0 saturated heterocycles. The van der Waals surface area contributed by atoms with Crippen LogP contribution in [-0.2, 0) is 11.2 Å². The monoisotopic (exact) mass is 273 g/mol. The molecule has 0 bridgehead atoms. The highest BCUT2D eigenvalue weighted by Crippen LogP contribution is 2.14. The van der Waals surface area contributed by atoms with Crippen molar-refractivity contribution in [2.75, 3.05) is 20.2 Å². The second-order valence-corrected chi connectivity index (χ2v) is 4.41. The number of hydrogen-bond acceptors (Lipinski definition) is 3. The number of likely N-dealkylation sites (N-methyl/N-ethyl adjacent to an activating group) is 1. The van der Waals surface area contributed by atoms with E-state index in [-0.39, 0.29) is 25.5 Å². The minimum absolute atomic E-state index is 0.0929. The van der Waals surface area contributed by atoms with Crippen LogP contribution in [0.3, 0.4) is 0 Å². The summed E-state index contributed by atoms with van der Waals surface area (Å²) >= 11 is 0. The molecule has 0 aliphatic rings. The molecule has 0 spiro atoms. The topological polar surface area (TPSA) is 60.8 Å². The fraction of sp³-hybridized carbons (Fsp3) is 0.462. The van der Waals surface area contributed by atoms with Crippen molar-refractivity contribution in [3.05, 3.63) is 35.4 Å². The molecule has 1 unspecified atom stereocenters. The first-order valence-corrected chi connectivity index (χ1v) is 5.91. The van der Waals surface area contributed by atoms with E-state index in [1.807, 2.05) is 0 Å². The van der Waals surface area contributed by atoms with Gasteiger partial charge in [0.05, 0.1) is 13.0 Å². The number of aliphatic carboxylic acids is 1. The number of benzene rings is 1. The number of hydrogen-bond donors (Lipinski definition) is 2. The van der Waals surface area contributed by atoms with E-state index in [4.69, 9.17) is 10.2 Å². The predicted octanol–water partition coefficient (Wildman–Crippen LogP) is 1.27. The number of nitrogens with zero attached hydrogens (tertiary/aromatic N) is 1. The lowest BCUT2D eigenvalue weighted by Gasteiger charge is -2.26. The highest BCUT2D eigenvalue weighted by Gasteiger charge is 2.19. The van der Waals surface area contributed by atoms with E-state index >= 15 is 0 Å². The lowest BCUT2D eigenvalue weighted by atomic mass is 10.0. The summed E-state index contributed by atoms with van der Waals surface area (Å²) in [6, 6.07) is 3.14. The Kier molecular flexibility index (Phi) is 5.85. The van der Waals surface area contributed by atoms with Gasteiger partial charge in [0.25, 0.3) is 0 Å². The van der Waals surface area contributed by atoms with Crippen LogP contribution >= 0.6 is 0 Å². The van der Waals surface area contributed by atoms with E-state index in [9.17, 15) is 13.6 Å². The Labute approximate surface area is 110 Å². The number of rotatable bonds is 7. The van der Waals surface area contributed by atoms with Crippen LogP contribution in [0.25, 0.3) is 0 Å². The molecule has 0 saturated carbocycles. The molecule has 4 nitrogen and oxygen atoms in total. The van der Waals surface area contributed by atoms with Gasteiger partial charge >= 0.3 is 5.97 Å². The average molecular weight is 273 g/mol. The Morgan fingerprint density at radius 2 is 2.05 bits per heavy atom. The molecular weight excluding hydrogens is 256 g/mol. The number of halogens is 2. The number of carboxylic acids is 1. The molecule has 2 N–H and O–H groups in total. The minimum atomic E-state index is -0.975. The first-order chi connectivity index (χ1) is 8.93. The van der Waals surface area contributed by atoms with Crippen molar-refractivity contribution >= 4 is 5.97 Å². The van der Waals surface area contributed by atoms with Crippen molar-refractivity contribution in [2.24, 2.45) is 0 Å². The molecule has 0 amide bonds. The summed E-state index contributed by atoms with van der Waals surface area (Å²) in [6.45, 7) is 0.228. The molecule has 0 aromatic heterocycles. The Balaban J connectivity index is 2.80. The van der Waals surface area contributed by atoms with Gasteiger partial charge in [-0.3, -0.25) is 4.79 Å². The Bertz CT molecular complexity index is 440. The largest absolute Gasteiger partial charge is 0.481 e. The van der Waals surface area contributed by atoms with E-state index in [1.54, 1.807) is 11.9 Å². The molecule has 1 aromatic rings. The zero-order chi connectivity index (χ0) is 14.4. The van der Waals surface area contributed by atoms with Crippen molar-refractivity contribution in [3.8, 4) is 0 Å². The van der Waals surface area contributed by atoms with Gasteiger partial charge in [-0.05, 0) is 31.2 Å². The molecule has 0 aliphatic carbocycles. The van der Waals surface area contributed by atoms with Crippen molar-refractivity contribution < 1.29 is 23.8 Å². The summed E-state index contributed by atoms with van der Waals surface area (Å²) in [5.41, 5.74) is 0.523. The van der Waals surface area contributed by atoms with Crippen LogP contribution in [0.5, 0.6) is 0 Å². The summed E-state index contributed by atoms with van der Waals surface area (Å²) in [5, 5.41) is 17.7. The Morgan fingerprint density at radius 1 is 1.37 bits per heavy atom. The van der Waals surface area contributed by atoms with Crippen LogP contribution in [0.4, 0.5) is 8.78 Å². The van der Waals surface area contributed by atoms with E-state index < -0.39 is 17.6 Å². The van der Waals surface area contributed by atoms with E-state index in [0.29, 0.717) is 12.1 Å². The highest BCUT2D eigenvalue weighted by atomic mass is 19.2. The highest BCUT2D eigenvalue weighted by molar-refractivity contribution is 5.67. The van der Waals surface area contributed by atoms with Gasteiger partial charge in [0, 0.05) is 12.6 Å². The quantitative estimate of drug-likeness (QED) is 0.785. The maximum Gasteiger partial charge on any atom is 0.304 e. The first kappa shape index (κ1) is 15.5. The molecule has 0 radical (unpaired) electrons. The molecule has 1 atom stereocenters. The summed E-state index contributed by atoms with van der Waals surface area (Å²) in [7, 11) is 1.68. The zero-order valence-electron chi connectivity index (χ0n) is 10.6. The Morgan fingerprint density at radius 3 is 2.58 bits per heavy atom. The third-order valence-corrected chi connectivity index (χ3v) is 2.94. The SMILES string of the molecule is CN(CCO)C(CC(=O)O)Cc1ccc(F)c(F)c1. The summed E-state index contributed by atoms with van der Waals surface area (Å²) in [6.07, 6.45) is 0.148. The van der Waals surface area contributed by atoms with Gasteiger partial charge < -0.3 is 15.1 Å². The molecule has 0 heterocycles. The van der Waals surface area contributed by atoms with E-state index in [1.165, 1.54) is 6.07 Å². The molecule has 106 valence electrons. The predicted molar refractivity (Wildman–Crippen MR) is 65.8 cm³/mol. The average Bonchev–Trinajstić information content (AvgIpc) is 2.33. The molecule has 19 heavy (non-hydrogen) atoms. The van der Waals surface area contributed by atoms with Gasteiger partial charge in [-0.2, -0.15) is 0 Å². The molecule has 6 heteroatoms. The van der Waals surface area contributed by atoms with Crippen LogP contribution in [-0.4, -0.2) is 47.3 Å². The number of carboxylic acid groups (broad SMARTS) is 1. The van der Waals surface area contributed by atoms with Crippen molar-refractivity contribution in [3.63, 3.8) is 0 Å². The second-order valence-electron chi connectivity index (χ2n) is 4.41. The van der Waals surface area contributed by atoms with Crippen LogP contribution < -0.4 is 0 Å². The van der Waals surface area contributed by atoms with Gasteiger partial charge in [0.15, 0.2) is 11.6 Å². The molecule has 1 rings (SSSR count). The van der Waals surface area contributed by atoms with E-state index in [0.717, 1.165) is 12.1 Å². The van der Waals surface area contributed by atoms with Gasteiger partial charge in [-0.15, -0.1) is 0 Å². The normalized spacial score (nSPS) is 12.7. The van der Waals surface area contributed by atoms with E-state index in [2.05, 4.69) is 0 Å². The van der Waals surface area contributed by atoms with Gasteiger partial charge in [-0.25, -0.2) is 8.78 Å². The Hall–Kier alpha value is -1.53. The standard InChI is InChI=1S/C13H17F2NO3/c1-16(4-5-17)10(8-13(18)19)6-9-2-3-11(14)12(15)7-9/h2-3,7,10,17H,4-6,8H2,1H3,(H,18,19). The zero-order valence-corrected chi connectivity index (χ0v) is 10.6. The summed E-state index contributed by atoms with van der Waals surface area (Å²) in [5.74, 6) is -2.85. The lowest BCUT2D eigenvalue weighted by Crippen LogP contribution is -2.37. The van der Waals surface area contributed by atoms with Crippen molar-refractivity contribution in [1.82, 2.24) is 4.90 Å². The van der Waals surface area contributed by atoms with Crippen molar-refractivity contribution in [2.45, 2.75) is 18.9 Å².